The molecule has 1 amide bonds. The van der Waals surface area contributed by atoms with Crippen LogP contribution in [0.4, 0.5) is 5.69 Å². The van der Waals surface area contributed by atoms with Gasteiger partial charge in [-0.15, -0.1) is 0 Å². The first kappa shape index (κ1) is 24.2. The van der Waals surface area contributed by atoms with E-state index in [0.29, 0.717) is 6.42 Å². The molecule has 1 N–H and O–H groups in total. The standard InChI is InChI=1S/C28H40N2O2/c1-7-26(32-25-14-10-23(11-15-25)28(4,5)6)27(31)29-21(3)22-8-12-24(13-9-22)30-18-16-20(2)17-19-30/h8-15,20-21,26H,7,16-19H2,1-6H3,(H,29,31)/t21-,26-/m0/s1. The van der Waals surface area contributed by atoms with Gasteiger partial charge >= 0.3 is 0 Å². The lowest BCUT2D eigenvalue weighted by Gasteiger charge is -2.32. The summed E-state index contributed by atoms with van der Waals surface area (Å²) in [6, 6.07) is 16.6. The highest BCUT2D eigenvalue weighted by atomic mass is 16.5. The Bertz CT molecular complexity index is 860. The molecule has 1 heterocycles. The van der Waals surface area contributed by atoms with Gasteiger partial charge in [0.25, 0.3) is 5.91 Å². The Labute approximate surface area is 194 Å². The number of nitrogens with one attached hydrogen (secondary N) is 1. The number of hydrogen-bond donors (Lipinski definition) is 1. The zero-order chi connectivity index (χ0) is 23.3. The van der Waals surface area contributed by atoms with Gasteiger partial charge in [-0.3, -0.25) is 4.79 Å². The van der Waals surface area contributed by atoms with Crippen molar-refractivity contribution in [2.75, 3.05) is 18.0 Å². The molecule has 3 rings (SSSR count). The topological polar surface area (TPSA) is 41.6 Å². The number of anilines is 1. The van der Waals surface area contributed by atoms with E-state index in [9.17, 15) is 4.79 Å². The average Bonchev–Trinajstić information content (AvgIpc) is 2.77. The fourth-order valence-electron chi connectivity index (χ4n) is 4.15. The molecule has 2 atom stereocenters. The van der Waals surface area contributed by atoms with Gasteiger partial charge in [-0.2, -0.15) is 0 Å². The maximum absolute atomic E-state index is 12.9. The van der Waals surface area contributed by atoms with Crippen molar-refractivity contribution in [3.63, 3.8) is 0 Å². The van der Waals surface area contributed by atoms with Gasteiger partial charge < -0.3 is 15.0 Å². The molecule has 1 fully saturated rings. The molecule has 0 bridgehead atoms. The van der Waals surface area contributed by atoms with Crippen molar-refractivity contribution in [1.29, 1.82) is 0 Å². The van der Waals surface area contributed by atoms with Crippen molar-refractivity contribution in [3.05, 3.63) is 59.7 Å². The van der Waals surface area contributed by atoms with Crippen molar-refractivity contribution in [2.45, 2.75) is 78.4 Å². The normalized spacial score (nSPS) is 17.0. The number of amides is 1. The van der Waals surface area contributed by atoms with E-state index >= 15 is 0 Å². The van der Waals surface area contributed by atoms with Gasteiger partial charge in [0.2, 0.25) is 0 Å². The van der Waals surface area contributed by atoms with Gasteiger partial charge in [-0.05, 0) is 72.9 Å². The third-order valence-corrected chi connectivity index (χ3v) is 6.56. The molecule has 1 aliphatic heterocycles. The third kappa shape index (κ3) is 6.27. The predicted molar refractivity (Wildman–Crippen MR) is 133 cm³/mol. The van der Waals surface area contributed by atoms with E-state index in [1.54, 1.807) is 0 Å². The van der Waals surface area contributed by atoms with Crippen molar-refractivity contribution >= 4 is 11.6 Å². The SMILES string of the molecule is CC[C@H](Oc1ccc(C(C)(C)C)cc1)C(=O)N[C@@H](C)c1ccc(N2CCC(C)CC2)cc1. The van der Waals surface area contributed by atoms with Crippen LogP contribution >= 0.6 is 0 Å². The second kappa shape index (κ2) is 10.4. The Kier molecular flexibility index (Phi) is 7.86. The minimum atomic E-state index is -0.507. The summed E-state index contributed by atoms with van der Waals surface area (Å²) in [6.45, 7) is 15.1. The average molecular weight is 437 g/mol. The summed E-state index contributed by atoms with van der Waals surface area (Å²) in [5, 5.41) is 3.13. The predicted octanol–water partition coefficient (Wildman–Crippen LogP) is 6.26. The number of piperidine rings is 1. The molecular formula is C28H40N2O2. The Balaban J connectivity index is 1.57. The zero-order valence-electron chi connectivity index (χ0n) is 20.7. The monoisotopic (exact) mass is 436 g/mol. The van der Waals surface area contributed by atoms with E-state index in [1.165, 1.54) is 24.1 Å². The molecule has 0 aliphatic carbocycles. The molecule has 32 heavy (non-hydrogen) atoms. The summed E-state index contributed by atoms with van der Waals surface area (Å²) in [5.74, 6) is 1.48. The van der Waals surface area contributed by atoms with Crippen LogP contribution in [0, 0.1) is 5.92 Å². The zero-order valence-corrected chi connectivity index (χ0v) is 20.7. The molecule has 0 radical (unpaired) electrons. The van der Waals surface area contributed by atoms with Crippen molar-refractivity contribution < 1.29 is 9.53 Å². The number of benzene rings is 2. The van der Waals surface area contributed by atoms with Crippen LogP contribution in [-0.2, 0) is 10.2 Å². The van der Waals surface area contributed by atoms with Gasteiger partial charge in [-0.1, -0.05) is 58.9 Å². The minimum Gasteiger partial charge on any atom is -0.481 e. The maximum atomic E-state index is 12.9. The third-order valence-electron chi connectivity index (χ3n) is 6.56. The molecule has 1 saturated heterocycles. The molecule has 174 valence electrons. The summed E-state index contributed by atoms with van der Waals surface area (Å²) in [4.78, 5) is 15.3. The lowest BCUT2D eigenvalue weighted by Crippen LogP contribution is -2.39. The van der Waals surface area contributed by atoms with Crippen LogP contribution in [0.5, 0.6) is 5.75 Å². The highest BCUT2D eigenvalue weighted by Crippen LogP contribution is 2.26. The number of ether oxygens (including phenoxy) is 1. The molecule has 0 spiro atoms. The summed E-state index contributed by atoms with van der Waals surface area (Å²) >= 11 is 0. The van der Waals surface area contributed by atoms with Gasteiger partial charge in [0, 0.05) is 18.8 Å². The van der Waals surface area contributed by atoms with E-state index in [-0.39, 0.29) is 17.4 Å². The molecule has 0 saturated carbocycles. The first-order valence-electron chi connectivity index (χ1n) is 12.1. The smallest absolute Gasteiger partial charge is 0.261 e. The highest BCUT2D eigenvalue weighted by molar-refractivity contribution is 5.81. The van der Waals surface area contributed by atoms with Crippen molar-refractivity contribution in [3.8, 4) is 5.75 Å². The lowest BCUT2D eigenvalue weighted by molar-refractivity contribution is -0.128. The van der Waals surface area contributed by atoms with Crippen molar-refractivity contribution in [1.82, 2.24) is 5.32 Å². The number of hydrogen-bond acceptors (Lipinski definition) is 3. The van der Waals surface area contributed by atoms with Gasteiger partial charge in [-0.25, -0.2) is 0 Å². The molecule has 4 nitrogen and oxygen atoms in total. The molecule has 2 aromatic rings. The molecule has 0 aromatic heterocycles. The van der Waals surface area contributed by atoms with Crippen LogP contribution in [0.25, 0.3) is 0 Å². The molecule has 2 aromatic carbocycles. The van der Waals surface area contributed by atoms with E-state index in [0.717, 1.165) is 30.3 Å². The van der Waals surface area contributed by atoms with Crippen molar-refractivity contribution in [2.24, 2.45) is 5.92 Å². The summed E-state index contributed by atoms with van der Waals surface area (Å²) in [5.41, 5.74) is 3.72. The minimum absolute atomic E-state index is 0.0705. The van der Waals surface area contributed by atoms with Gasteiger partial charge in [0.1, 0.15) is 5.75 Å². The number of carbonyl (C=O) groups excluding carboxylic acids is 1. The first-order chi connectivity index (χ1) is 15.2. The van der Waals surface area contributed by atoms with E-state index in [2.05, 4.69) is 74.3 Å². The quantitative estimate of drug-likeness (QED) is 0.557. The van der Waals surface area contributed by atoms with Crippen LogP contribution in [0.15, 0.2) is 48.5 Å². The Hall–Kier alpha value is -2.49. The van der Waals surface area contributed by atoms with Gasteiger partial charge in [0.05, 0.1) is 6.04 Å². The van der Waals surface area contributed by atoms with E-state index in [1.807, 2.05) is 26.0 Å². The number of rotatable bonds is 7. The first-order valence-corrected chi connectivity index (χ1v) is 12.1. The second-order valence-electron chi connectivity index (χ2n) is 10.3. The van der Waals surface area contributed by atoms with E-state index < -0.39 is 6.10 Å². The summed E-state index contributed by atoms with van der Waals surface area (Å²) in [7, 11) is 0. The van der Waals surface area contributed by atoms with E-state index in [4.69, 9.17) is 4.74 Å². The highest BCUT2D eigenvalue weighted by Gasteiger charge is 2.22. The lowest BCUT2D eigenvalue weighted by atomic mass is 9.87. The van der Waals surface area contributed by atoms with Crippen LogP contribution in [0.2, 0.25) is 0 Å². The molecule has 1 aliphatic rings. The molecule has 0 unspecified atom stereocenters. The van der Waals surface area contributed by atoms with Crippen LogP contribution in [0.3, 0.4) is 0 Å². The van der Waals surface area contributed by atoms with Crippen LogP contribution in [-0.4, -0.2) is 25.1 Å². The summed E-state index contributed by atoms with van der Waals surface area (Å²) in [6.07, 6.45) is 2.62. The number of nitrogens with zero attached hydrogens (tertiary/aromatic N) is 1. The second-order valence-corrected chi connectivity index (χ2v) is 10.3. The summed E-state index contributed by atoms with van der Waals surface area (Å²) < 4.78 is 6.02. The van der Waals surface area contributed by atoms with Crippen LogP contribution < -0.4 is 15.0 Å². The van der Waals surface area contributed by atoms with Gasteiger partial charge in [0.15, 0.2) is 6.10 Å². The molecule has 4 heteroatoms. The van der Waals surface area contributed by atoms with Crippen LogP contribution in [0.1, 0.15) is 78.0 Å². The Morgan fingerprint density at radius 2 is 1.66 bits per heavy atom. The molecular weight excluding hydrogens is 396 g/mol. The fraction of sp³-hybridized carbons (Fsp3) is 0.536. The maximum Gasteiger partial charge on any atom is 0.261 e. The Morgan fingerprint density at radius 1 is 1.06 bits per heavy atom. The fourth-order valence-corrected chi connectivity index (χ4v) is 4.15. The Morgan fingerprint density at radius 3 is 2.19 bits per heavy atom. The number of carbonyl (C=O) groups is 1. The largest absolute Gasteiger partial charge is 0.481 e.